The molecule has 0 aliphatic rings. The van der Waals surface area contributed by atoms with Crippen molar-refractivity contribution in [1.82, 2.24) is 24.1 Å². The average molecular weight is 439 g/mol. The lowest BCUT2D eigenvalue weighted by Gasteiger charge is -2.09. The number of nitriles is 2. The number of imidazole rings is 1. The van der Waals surface area contributed by atoms with Crippen LogP contribution in [0.2, 0.25) is 5.02 Å². The van der Waals surface area contributed by atoms with Crippen LogP contribution in [0, 0.1) is 22.7 Å². The Hall–Kier alpha value is -4.40. The summed E-state index contributed by atoms with van der Waals surface area (Å²) in [4.78, 5) is 13.7. The lowest BCUT2D eigenvalue weighted by atomic mass is 10.2. The molecule has 0 amide bonds. The molecule has 0 fully saturated rings. The molecule has 5 aromatic rings. The van der Waals surface area contributed by atoms with Crippen molar-refractivity contribution in [2.45, 2.75) is 13.5 Å². The highest BCUT2D eigenvalue weighted by atomic mass is 35.5. The largest absolute Gasteiger partial charge is 0.384 e. The Kier molecular flexibility index (Phi) is 4.51. The number of fused-ring (bicyclic) bond motifs is 2. The van der Waals surface area contributed by atoms with Crippen molar-refractivity contribution in [3.05, 3.63) is 64.9 Å². The fourth-order valence-corrected chi connectivity index (χ4v) is 4.12. The van der Waals surface area contributed by atoms with E-state index in [1.807, 2.05) is 54.0 Å². The number of aromatic nitrogens is 5. The van der Waals surface area contributed by atoms with Gasteiger partial charge < -0.3 is 10.3 Å². The second-order valence-corrected chi connectivity index (χ2v) is 7.50. The highest BCUT2D eigenvalue weighted by Gasteiger charge is 2.26. The number of halogens is 1. The Labute approximate surface area is 187 Å². The number of hydrogen-bond donors (Lipinski definition) is 1. The zero-order valence-electron chi connectivity index (χ0n) is 16.9. The lowest BCUT2D eigenvalue weighted by molar-refractivity contribution is 0.797. The molecule has 2 N–H and O–H groups in total. The third-order valence-electron chi connectivity index (χ3n) is 5.30. The summed E-state index contributed by atoms with van der Waals surface area (Å²) in [5.41, 5.74) is 10.3. The van der Waals surface area contributed by atoms with Crippen molar-refractivity contribution < 1.29 is 0 Å². The molecule has 0 atom stereocenters. The molecule has 0 aliphatic carbocycles. The molecule has 0 aliphatic heterocycles. The molecule has 0 saturated heterocycles. The number of hydrogen-bond acceptors (Lipinski definition) is 6. The molecule has 8 nitrogen and oxygen atoms in total. The first kappa shape index (κ1) is 19.6. The topological polar surface area (TPSA) is 122 Å². The van der Waals surface area contributed by atoms with E-state index in [1.54, 1.807) is 22.8 Å². The average Bonchev–Trinajstić information content (AvgIpc) is 3.31. The maximum Gasteiger partial charge on any atom is 0.179 e. The fraction of sp³-hybridized carbons (Fsp3) is 0.0870. The monoisotopic (exact) mass is 438 g/mol. The van der Waals surface area contributed by atoms with Crippen molar-refractivity contribution >= 4 is 39.6 Å². The molecule has 0 spiro atoms. The van der Waals surface area contributed by atoms with Gasteiger partial charge in [-0.25, -0.2) is 15.0 Å². The number of nitrogens with zero attached hydrogens (tertiary/aromatic N) is 7. The van der Waals surface area contributed by atoms with E-state index in [2.05, 4.69) is 9.97 Å². The minimum Gasteiger partial charge on any atom is -0.384 e. The van der Waals surface area contributed by atoms with E-state index in [1.165, 1.54) is 0 Å². The standard InChI is InChI=1S/C23H15ClN8/c1-2-31-18-9-4-3-8-15(18)29-22(31)19-20-23(30-17(12-26)16(11-25)28-20)32(21(19)27)14-7-5-6-13(24)10-14/h3-10H,2,27H2,1H3. The van der Waals surface area contributed by atoms with E-state index in [9.17, 15) is 10.5 Å². The summed E-state index contributed by atoms with van der Waals surface area (Å²) in [5.74, 6) is 0.950. The van der Waals surface area contributed by atoms with Gasteiger partial charge in [0.2, 0.25) is 0 Å². The van der Waals surface area contributed by atoms with Gasteiger partial charge >= 0.3 is 0 Å². The van der Waals surface area contributed by atoms with Crippen LogP contribution in [-0.2, 0) is 6.54 Å². The molecule has 9 heteroatoms. The predicted molar refractivity (Wildman–Crippen MR) is 122 cm³/mol. The Bertz CT molecular complexity index is 1610. The van der Waals surface area contributed by atoms with Gasteiger partial charge in [0.25, 0.3) is 0 Å². The Balaban J connectivity index is 1.96. The van der Waals surface area contributed by atoms with Crippen molar-refractivity contribution in [3.8, 4) is 29.2 Å². The molecule has 3 aromatic heterocycles. The summed E-state index contributed by atoms with van der Waals surface area (Å²) in [6.07, 6.45) is 0. The van der Waals surface area contributed by atoms with Gasteiger partial charge in [-0.05, 0) is 37.3 Å². The van der Waals surface area contributed by atoms with Crippen LogP contribution in [0.25, 0.3) is 39.3 Å². The predicted octanol–water partition coefficient (Wildman–Crippen LogP) is 4.44. The van der Waals surface area contributed by atoms with Gasteiger partial charge in [0, 0.05) is 11.6 Å². The minimum absolute atomic E-state index is 0.0661. The maximum atomic E-state index is 9.54. The zero-order valence-corrected chi connectivity index (χ0v) is 17.7. The highest BCUT2D eigenvalue weighted by molar-refractivity contribution is 6.30. The molecule has 0 saturated carbocycles. The van der Waals surface area contributed by atoms with Crippen LogP contribution in [0.15, 0.2) is 48.5 Å². The number of rotatable bonds is 3. The molecule has 0 bridgehead atoms. The summed E-state index contributed by atoms with van der Waals surface area (Å²) >= 11 is 6.23. The molecule has 154 valence electrons. The van der Waals surface area contributed by atoms with Gasteiger partial charge in [-0.15, -0.1) is 0 Å². The number of nitrogen functional groups attached to an aromatic ring is 1. The molecule has 0 radical (unpaired) electrons. The van der Waals surface area contributed by atoms with Crippen molar-refractivity contribution in [2.75, 3.05) is 5.73 Å². The third-order valence-corrected chi connectivity index (χ3v) is 5.53. The summed E-state index contributed by atoms with van der Waals surface area (Å²) in [6, 6.07) is 18.8. The molecule has 3 heterocycles. The summed E-state index contributed by atoms with van der Waals surface area (Å²) < 4.78 is 3.72. The molecular formula is C23H15ClN8. The first-order valence-electron chi connectivity index (χ1n) is 9.81. The van der Waals surface area contributed by atoms with Crippen molar-refractivity contribution in [2.24, 2.45) is 0 Å². The van der Waals surface area contributed by atoms with E-state index in [-0.39, 0.29) is 11.4 Å². The van der Waals surface area contributed by atoms with Gasteiger partial charge in [-0.1, -0.05) is 29.8 Å². The zero-order chi connectivity index (χ0) is 22.4. The van der Waals surface area contributed by atoms with E-state index < -0.39 is 0 Å². The Morgan fingerprint density at radius 3 is 2.47 bits per heavy atom. The highest BCUT2D eigenvalue weighted by Crippen LogP contribution is 2.38. The van der Waals surface area contributed by atoms with E-state index in [4.69, 9.17) is 22.3 Å². The summed E-state index contributed by atoms with van der Waals surface area (Å²) in [7, 11) is 0. The maximum absolute atomic E-state index is 9.54. The number of benzene rings is 2. The smallest absolute Gasteiger partial charge is 0.179 e. The van der Waals surface area contributed by atoms with Gasteiger partial charge in [0.05, 0.1) is 22.3 Å². The third kappa shape index (κ3) is 2.78. The number of anilines is 1. The molecule has 5 rings (SSSR count). The van der Waals surface area contributed by atoms with Crippen LogP contribution >= 0.6 is 11.6 Å². The molecule has 2 aromatic carbocycles. The van der Waals surface area contributed by atoms with Crippen LogP contribution < -0.4 is 5.73 Å². The van der Waals surface area contributed by atoms with Crippen molar-refractivity contribution in [1.29, 1.82) is 10.5 Å². The first-order chi connectivity index (χ1) is 15.6. The van der Waals surface area contributed by atoms with E-state index >= 15 is 0 Å². The van der Waals surface area contributed by atoms with Gasteiger partial charge in [0.1, 0.15) is 29.3 Å². The summed E-state index contributed by atoms with van der Waals surface area (Å²) in [6.45, 7) is 2.66. The first-order valence-corrected chi connectivity index (χ1v) is 10.2. The minimum atomic E-state index is -0.0728. The molecule has 32 heavy (non-hydrogen) atoms. The quantitative estimate of drug-likeness (QED) is 0.444. The normalized spacial score (nSPS) is 11.0. The van der Waals surface area contributed by atoms with Gasteiger partial charge in [-0.3, -0.25) is 4.57 Å². The van der Waals surface area contributed by atoms with Crippen LogP contribution in [0.1, 0.15) is 18.3 Å². The van der Waals surface area contributed by atoms with Crippen LogP contribution in [0.3, 0.4) is 0 Å². The number of para-hydroxylation sites is 2. The van der Waals surface area contributed by atoms with Crippen LogP contribution in [0.4, 0.5) is 5.82 Å². The van der Waals surface area contributed by atoms with Crippen LogP contribution in [-0.4, -0.2) is 24.1 Å². The Morgan fingerprint density at radius 2 is 1.75 bits per heavy atom. The number of nitrogens with two attached hydrogens (primary N) is 1. The number of aryl methyl sites for hydroxylation is 1. The second kappa shape index (κ2) is 7.38. The van der Waals surface area contributed by atoms with Gasteiger partial charge in [0.15, 0.2) is 17.0 Å². The summed E-state index contributed by atoms with van der Waals surface area (Å²) in [5, 5.41) is 19.6. The van der Waals surface area contributed by atoms with Crippen molar-refractivity contribution in [3.63, 3.8) is 0 Å². The fourth-order valence-electron chi connectivity index (χ4n) is 3.94. The Morgan fingerprint density at radius 1 is 1.00 bits per heavy atom. The van der Waals surface area contributed by atoms with E-state index in [0.717, 1.165) is 11.0 Å². The van der Waals surface area contributed by atoms with Crippen LogP contribution in [0.5, 0.6) is 0 Å². The van der Waals surface area contributed by atoms with Gasteiger partial charge in [-0.2, -0.15) is 10.5 Å². The molecule has 0 unspecified atom stereocenters. The second-order valence-electron chi connectivity index (χ2n) is 7.06. The van der Waals surface area contributed by atoms with E-state index in [0.29, 0.717) is 45.6 Å². The SMILES string of the molecule is CCn1c(-c2c(N)n(-c3cccc(Cl)c3)c3nc(C#N)c(C#N)nc23)nc2ccccc21. The molecular weight excluding hydrogens is 424 g/mol. The lowest BCUT2D eigenvalue weighted by Crippen LogP contribution is -2.03.